The number of aliphatic hydroxyl groups excluding tert-OH is 1. The molecule has 0 aromatic heterocycles. The topological polar surface area (TPSA) is 73.6 Å². The molecule has 1 saturated heterocycles. The van der Waals surface area contributed by atoms with Crippen LogP contribution in [0.5, 0.6) is 5.75 Å². The van der Waals surface area contributed by atoms with Crippen molar-refractivity contribution < 1.29 is 14.6 Å². The van der Waals surface area contributed by atoms with Crippen molar-refractivity contribution in [1.82, 2.24) is 4.90 Å². The number of benzene rings is 2. The normalized spacial score (nSPS) is 22.7. The van der Waals surface area contributed by atoms with E-state index in [0.717, 1.165) is 35.3 Å². The van der Waals surface area contributed by atoms with Crippen LogP contribution in [0.2, 0.25) is 0 Å². The fraction of sp³-hybridized carbons (Fsp3) is 0.333. The number of nitriles is 1. The largest absolute Gasteiger partial charge is 0.497 e. The molecule has 1 saturated carbocycles. The van der Waals surface area contributed by atoms with Crippen LogP contribution in [-0.4, -0.2) is 41.7 Å². The minimum absolute atomic E-state index is 0.00706. The van der Waals surface area contributed by atoms with Crippen LogP contribution in [0.15, 0.2) is 48.5 Å². The molecule has 0 spiro atoms. The number of hydrogen-bond donors (Lipinski definition) is 1. The molecule has 1 heterocycles. The van der Waals surface area contributed by atoms with E-state index < -0.39 is 6.04 Å². The zero-order valence-electron chi connectivity index (χ0n) is 16.2. The second-order valence-electron chi connectivity index (χ2n) is 7.47. The predicted molar refractivity (Wildman–Crippen MR) is 108 cm³/mol. The molecule has 29 heavy (non-hydrogen) atoms. The van der Waals surface area contributed by atoms with E-state index in [9.17, 15) is 15.2 Å². The highest BCUT2D eigenvalue weighted by Gasteiger charge is 2.53. The molecular formula is C24H22N2O3. The summed E-state index contributed by atoms with van der Waals surface area (Å²) in [7, 11) is 1.62. The molecule has 0 radical (unpaired) electrons. The minimum atomic E-state index is -0.519. The summed E-state index contributed by atoms with van der Waals surface area (Å²) in [5.74, 6) is 6.88. The molecule has 5 heteroatoms. The summed E-state index contributed by atoms with van der Waals surface area (Å²) >= 11 is 0. The molecule has 0 unspecified atom stereocenters. The van der Waals surface area contributed by atoms with E-state index in [-0.39, 0.29) is 30.4 Å². The molecule has 2 aromatic carbocycles. The molecule has 1 amide bonds. The fourth-order valence-electron chi connectivity index (χ4n) is 3.89. The Kier molecular flexibility index (Phi) is 5.25. The summed E-state index contributed by atoms with van der Waals surface area (Å²) in [6.07, 6.45) is 1.77. The molecule has 1 aliphatic heterocycles. The van der Waals surface area contributed by atoms with Crippen LogP contribution in [-0.2, 0) is 4.79 Å². The lowest BCUT2D eigenvalue weighted by atomic mass is 9.75. The number of carbonyl (C=O) groups excluding carboxylic acids is 1. The van der Waals surface area contributed by atoms with Crippen molar-refractivity contribution in [2.75, 3.05) is 13.7 Å². The quantitative estimate of drug-likeness (QED) is 0.820. The van der Waals surface area contributed by atoms with Gasteiger partial charge in [0.25, 0.3) is 0 Å². The van der Waals surface area contributed by atoms with E-state index >= 15 is 0 Å². The van der Waals surface area contributed by atoms with Gasteiger partial charge in [-0.1, -0.05) is 30.0 Å². The van der Waals surface area contributed by atoms with Gasteiger partial charge >= 0.3 is 0 Å². The molecule has 0 bridgehead atoms. The Balaban J connectivity index is 1.51. The lowest BCUT2D eigenvalue weighted by Gasteiger charge is -2.51. The van der Waals surface area contributed by atoms with Crippen LogP contribution >= 0.6 is 0 Å². The second kappa shape index (κ2) is 7.99. The highest BCUT2D eigenvalue weighted by Crippen LogP contribution is 2.44. The smallest absolute Gasteiger partial charge is 0.227 e. The number of nitrogens with zero attached hydrogens (tertiary/aromatic N) is 2. The van der Waals surface area contributed by atoms with Gasteiger partial charge in [-0.2, -0.15) is 5.26 Å². The zero-order chi connectivity index (χ0) is 20.4. The van der Waals surface area contributed by atoms with Crippen molar-refractivity contribution >= 4 is 5.91 Å². The monoisotopic (exact) mass is 386 g/mol. The van der Waals surface area contributed by atoms with Crippen molar-refractivity contribution in [3.05, 3.63) is 65.2 Å². The van der Waals surface area contributed by atoms with Gasteiger partial charge in [0.1, 0.15) is 11.8 Å². The Morgan fingerprint density at radius 2 is 1.90 bits per heavy atom. The Morgan fingerprint density at radius 1 is 1.17 bits per heavy atom. The summed E-state index contributed by atoms with van der Waals surface area (Å²) in [5, 5.41) is 19.4. The van der Waals surface area contributed by atoms with Crippen molar-refractivity contribution in [1.29, 1.82) is 5.26 Å². The van der Waals surface area contributed by atoms with Crippen LogP contribution in [0, 0.1) is 29.1 Å². The Morgan fingerprint density at radius 3 is 2.52 bits per heavy atom. The second-order valence-corrected chi connectivity index (χ2v) is 7.47. The molecule has 4 rings (SSSR count). The van der Waals surface area contributed by atoms with Crippen molar-refractivity contribution in [2.45, 2.75) is 30.8 Å². The first kappa shape index (κ1) is 19.1. The molecule has 2 aliphatic rings. The molecular weight excluding hydrogens is 364 g/mol. The summed E-state index contributed by atoms with van der Waals surface area (Å²) < 4.78 is 5.21. The predicted octanol–water partition coefficient (Wildman–Crippen LogP) is 2.68. The van der Waals surface area contributed by atoms with Gasteiger partial charge in [-0.3, -0.25) is 4.79 Å². The van der Waals surface area contributed by atoms with E-state index in [1.54, 1.807) is 12.0 Å². The van der Waals surface area contributed by atoms with Gasteiger partial charge in [-0.25, -0.2) is 0 Å². The first-order valence-electron chi connectivity index (χ1n) is 9.75. The Bertz CT molecular complexity index is 1010. The standard InChI is InChI=1S/C24H22N2O3/c1-29-20-4-2-3-17(13-20)6-5-16-7-9-18(10-8-16)23-21(14-25)26(22(23)15-27)24(28)19-11-12-19/h2-4,7-10,13,19,21-23,27H,11-12,15H2,1H3/t21-,22+,23-/m1/s1. The van der Waals surface area contributed by atoms with Gasteiger partial charge in [0.2, 0.25) is 5.91 Å². The van der Waals surface area contributed by atoms with Crippen molar-refractivity contribution in [3.8, 4) is 23.7 Å². The summed E-state index contributed by atoms with van der Waals surface area (Å²) in [5.41, 5.74) is 2.67. The molecule has 2 aromatic rings. The number of hydrogen-bond acceptors (Lipinski definition) is 4. The average molecular weight is 386 g/mol. The summed E-state index contributed by atoms with van der Waals surface area (Å²) in [6, 6.07) is 16.7. The molecule has 3 atom stereocenters. The van der Waals surface area contributed by atoms with E-state index in [4.69, 9.17) is 4.74 Å². The minimum Gasteiger partial charge on any atom is -0.497 e. The number of methoxy groups -OCH3 is 1. The highest BCUT2D eigenvalue weighted by molar-refractivity contribution is 5.83. The lowest BCUT2D eigenvalue weighted by Crippen LogP contribution is -2.65. The zero-order valence-corrected chi connectivity index (χ0v) is 16.2. The third-order valence-electron chi connectivity index (χ3n) is 5.63. The maximum atomic E-state index is 12.5. The highest BCUT2D eigenvalue weighted by atomic mass is 16.5. The molecule has 1 N–H and O–H groups in total. The first-order valence-corrected chi connectivity index (χ1v) is 9.75. The fourth-order valence-corrected chi connectivity index (χ4v) is 3.89. The van der Waals surface area contributed by atoms with E-state index in [2.05, 4.69) is 17.9 Å². The van der Waals surface area contributed by atoms with E-state index in [1.165, 1.54) is 0 Å². The van der Waals surface area contributed by atoms with Gasteiger partial charge in [-0.15, -0.1) is 0 Å². The van der Waals surface area contributed by atoms with Gasteiger partial charge < -0.3 is 14.7 Å². The molecule has 146 valence electrons. The number of ether oxygens (including phenoxy) is 1. The Labute approximate surface area is 170 Å². The first-order chi connectivity index (χ1) is 14.2. The molecule has 5 nitrogen and oxygen atoms in total. The van der Waals surface area contributed by atoms with Gasteiger partial charge in [0.05, 0.1) is 25.8 Å². The van der Waals surface area contributed by atoms with Crippen LogP contribution < -0.4 is 4.74 Å². The van der Waals surface area contributed by atoms with Gasteiger partial charge in [-0.05, 0) is 48.7 Å². The number of carbonyl (C=O) groups is 1. The third kappa shape index (κ3) is 3.70. The van der Waals surface area contributed by atoms with Crippen LogP contribution in [0.4, 0.5) is 0 Å². The van der Waals surface area contributed by atoms with Gasteiger partial charge in [0, 0.05) is 23.0 Å². The SMILES string of the molecule is COc1cccc(C#Cc2ccc([C@@H]3[C@@H](C#N)N(C(=O)C4CC4)[C@H]3CO)cc2)c1. The van der Waals surface area contributed by atoms with Crippen LogP contribution in [0.25, 0.3) is 0 Å². The maximum Gasteiger partial charge on any atom is 0.227 e. The number of likely N-dealkylation sites (tertiary alicyclic amines) is 1. The van der Waals surface area contributed by atoms with Crippen LogP contribution in [0.3, 0.4) is 0 Å². The molecule has 2 fully saturated rings. The lowest BCUT2D eigenvalue weighted by molar-refractivity contribution is -0.148. The number of rotatable bonds is 4. The molecule has 1 aliphatic carbocycles. The van der Waals surface area contributed by atoms with E-state index in [1.807, 2.05) is 48.5 Å². The number of aliphatic hydroxyl groups is 1. The maximum absolute atomic E-state index is 12.5. The van der Waals surface area contributed by atoms with Crippen molar-refractivity contribution in [2.24, 2.45) is 5.92 Å². The number of amides is 1. The Hall–Kier alpha value is -3.28. The van der Waals surface area contributed by atoms with Gasteiger partial charge in [0.15, 0.2) is 0 Å². The average Bonchev–Trinajstić information content (AvgIpc) is 3.58. The summed E-state index contributed by atoms with van der Waals surface area (Å²) in [4.78, 5) is 14.0. The van der Waals surface area contributed by atoms with Crippen LogP contribution in [0.1, 0.15) is 35.4 Å². The van der Waals surface area contributed by atoms with Crippen molar-refractivity contribution in [3.63, 3.8) is 0 Å². The van der Waals surface area contributed by atoms with E-state index in [0.29, 0.717) is 0 Å². The summed E-state index contributed by atoms with van der Waals surface area (Å²) in [6.45, 7) is -0.140. The third-order valence-corrected chi connectivity index (χ3v) is 5.63.